The van der Waals surface area contributed by atoms with E-state index in [0.717, 1.165) is 4.90 Å². The van der Waals surface area contributed by atoms with Crippen LogP contribution in [0.2, 0.25) is 0 Å². The lowest BCUT2D eigenvalue weighted by Gasteiger charge is -2.21. The minimum Gasteiger partial charge on any atom is -0.497 e. The summed E-state index contributed by atoms with van der Waals surface area (Å²) in [6.45, 7) is 1.45. The lowest BCUT2D eigenvalue weighted by Crippen LogP contribution is -2.45. The summed E-state index contributed by atoms with van der Waals surface area (Å²) < 4.78 is 10.8. The summed E-state index contributed by atoms with van der Waals surface area (Å²) in [6, 6.07) is 13.3. The lowest BCUT2D eigenvalue weighted by molar-refractivity contribution is -0.135. The van der Waals surface area contributed by atoms with Crippen molar-refractivity contribution in [3.8, 4) is 11.5 Å². The summed E-state index contributed by atoms with van der Waals surface area (Å²) in [4.78, 5) is 39.2. The van der Waals surface area contributed by atoms with Crippen molar-refractivity contribution in [3.05, 3.63) is 59.7 Å². The molecule has 0 aliphatic carbocycles. The van der Waals surface area contributed by atoms with Gasteiger partial charge in [-0.05, 0) is 30.7 Å². The maximum absolute atomic E-state index is 12.8. The number of ether oxygens (including phenoxy) is 2. The van der Waals surface area contributed by atoms with Crippen LogP contribution < -0.4 is 9.47 Å². The number of rotatable bonds is 5. The molecule has 1 aliphatic rings. The Hall–Kier alpha value is -3.15. The molecule has 0 aromatic heterocycles. The highest BCUT2D eigenvalue weighted by Gasteiger charge is 2.36. The molecule has 0 unspecified atom stereocenters. The number of Topliss-reactive ketones (excluding diaryl/α,β-unsaturated/α-hetero) is 1. The Morgan fingerprint density at radius 2 is 1.92 bits per heavy atom. The number of carbonyl (C=O) groups excluding carboxylic acids is 3. The topological polar surface area (TPSA) is 72.9 Å². The van der Waals surface area contributed by atoms with E-state index in [4.69, 9.17) is 9.47 Å². The predicted molar refractivity (Wildman–Crippen MR) is 94.5 cm³/mol. The van der Waals surface area contributed by atoms with Gasteiger partial charge in [0.25, 0.3) is 11.8 Å². The van der Waals surface area contributed by atoms with E-state index >= 15 is 0 Å². The first kappa shape index (κ1) is 17.7. The van der Waals surface area contributed by atoms with E-state index in [1.165, 1.54) is 7.11 Å². The van der Waals surface area contributed by atoms with Crippen LogP contribution in [0.15, 0.2) is 48.5 Å². The Labute approximate surface area is 151 Å². The zero-order valence-electron chi connectivity index (χ0n) is 14.6. The first-order chi connectivity index (χ1) is 12.5. The number of hydrogen-bond acceptors (Lipinski definition) is 5. The molecule has 0 N–H and O–H groups in total. The van der Waals surface area contributed by atoms with E-state index in [1.54, 1.807) is 55.5 Å². The second kappa shape index (κ2) is 7.39. The molecule has 2 aromatic rings. The monoisotopic (exact) mass is 353 g/mol. The highest BCUT2D eigenvalue weighted by atomic mass is 16.5. The van der Waals surface area contributed by atoms with Crippen molar-refractivity contribution in [3.63, 3.8) is 0 Å². The van der Waals surface area contributed by atoms with Crippen LogP contribution in [0.1, 0.15) is 34.1 Å². The number of ketones is 1. The van der Waals surface area contributed by atoms with E-state index in [2.05, 4.69) is 0 Å². The van der Waals surface area contributed by atoms with Gasteiger partial charge in [-0.15, -0.1) is 0 Å². The molecular formula is C20H19NO5. The summed E-state index contributed by atoms with van der Waals surface area (Å²) in [6.07, 6.45) is -0.412. The third-order valence-electron chi connectivity index (χ3n) is 4.24. The molecule has 0 fully saturated rings. The van der Waals surface area contributed by atoms with Gasteiger partial charge in [0.2, 0.25) is 0 Å². The maximum atomic E-state index is 12.8. The molecule has 0 radical (unpaired) electrons. The molecule has 0 spiro atoms. The molecule has 1 atom stereocenters. The third-order valence-corrected chi connectivity index (χ3v) is 4.24. The smallest absolute Gasteiger partial charge is 0.270 e. The largest absolute Gasteiger partial charge is 0.497 e. The van der Waals surface area contributed by atoms with Crippen molar-refractivity contribution in [1.82, 2.24) is 4.90 Å². The average Bonchev–Trinajstić information content (AvgIpc) is 2.78. The van der Waals surface area contributed by atoms with Gasteiger partial charge in [-0.3, -0.25) is 19.3 Å². The van der Waals surface area contributed by atoms with E-state index < -0.39 is 17.9 Å². The quantitative estimate of drug-likeness (QED) is 0.610. The van der Waals surface area contributed by atoms with Crippen molar-refractivity contribution in [1.29, 1.82) is 0 Å². The van der Waals surface area contributed by atoms with E-state index in [0.29, 0.717) is 23.5 Å². The number of imide groups is 1. The molecule has 0 saturated carbocycles. The first-order valence-electron chi connectivity index (χ1n) is 8.33. The van der Waals surface area contributed by atoms with Crippen molar-refractivity contribution < 1.29 is 23.9 Å². The molecule has 0 saturated heterocycles. The van der Waals surface area contributed by atoms with Gasteiger partial charge in [0, 0.05) is 5.56 Å². The summed E-state index contributed by atoms with van der Waals surface area (Å²) in [5.74, 6) is -0.499. The average molecular weight is 353 g/mol. The van der Waals surface area contributed by atoms with Crippen molar-refractivity contribution in [2.24, 2.45) is 0 Å². The van der Waals surface area contributed by atoms with Crippen LogP contribution >= 0.6 is 0 Å². The zero-order valence-corrected chi connectivity index (χ0v) is 14.6. The van der Waals surface area contributed by atoms with Crippen molar-refractivity contribution in [2.45, 2.75) is 19.4 Å². The van der Waals surface area contributed by atoms with Crippen LogP contribution in [0.3, 0.4) is 0 Å². The molecule has 3 rings (SSSR count). The van der Waals surface area contributed by atoms with Crippen LogP contribution in [0.5, 0.6) is 11.5 Å². The van der Waals surface area contributed by atoms with Gasteiger partial charge in [-0.1, -0.05) is 31.2 Å². The van der Waals surface area contributed by atoms with Crippen LogP contribution in [-0.4, -0.2) is 42.3 Å². The molecule has 134 valence electrons. The third kappa shape index (κ3) is 3.31. The Balaban J connectivity index is 1.92. The zero-order chi connectivity index (χ0) is 18.7. The molecule has 26 heavy (non-hydrogen) atoms. The maximum Gasteiger partial charge on any atom is 0.270 e. The number of amides is 2. The minimum absolute atomic E-state index is 0.273. The standard InChI is InChI=1S/C20H19NO5/c1-3-17-20(24)21(19(23)15-9-4-5-10-18(15)26-17)12-16(22)13-7-6-8-14(11-13)25-2/h4-11,17H,3,12H2,1-2H3/t17-/m1/s1. The summed E-state index contributed by atoms with van der Waals surface area (Å²) in [7, 11) is 1.51. The van der Waals surface area contributed by atoms with E-state index in [-0.39, 0.29) is 17.9 Å². The van der Waals surface area contributed by atoms with Crippen LogP contribution in [0.4, 0.5) is 0 Å². The second-order valence-corrected chi connectivity index (χ2v) is 5.90. The number of nitrogens with zero attached hydrogens (tertiary/aromatic N) is 1. The predicted octanol–water partition coefficient (Wildman–Crippen LogP) is 2.72. The normalized spacial score (nSPS) is 16.5. The van der Waals surface area contributed by atoms with Gasteiger partial charge in [0.1, 0.15) is 11.5 Å². The fourth-order valence-corrected chi connectivity index (χ4v) is 2.81. The molecule has 1 heterocycles. The Morgan fingerprint density at radius 1 is 1.15 bits per heavy atom. The van der Waals surface area contributed by atoms with Crippen molar-refractivity contribution >= 4 is 17.6 Å². The number of para-hydroxylation sites is 1. The highest BCUT2D eigenvalue weighted by molar-refractivity contribution is 6.12. The molecule has 1 aliphatic heterocycles. The minimum atomic E-state index is -0.805. The van der Waals surface area contributed by atoms with Crippen LogP contribution in [-0.2, 0) is 4.79 Å². The fraction of sp³-hybridized carbons (Fsp3) is 0.250. The Kier molecular flexibility index (Phi) is 5.02. The Bertz CT molecular complexity index is 861. The second-order valence-electron chi connectivity index (χ2n) is 5.90. The molecule has 6 heteroatoms. The first-order valence-corrected chi connectivity index (χ1v) is 8.33. The van der Waals surface area contributed by atoms with Gasteiger partial charge < -0.3 is 9.47 Å². The number of benzene rings is 2. The lowest BCUT2D eigenvalue weighted by atomic mass is 10.1. The van der Waals surface area contributed by atoms with Crippen LogP contribution in [0.25, 0.3) is 0 Å². The van der Waals surface area contributed by atoms with Crippen molar-refractivity contribution in [2.75, 3.05) is 13.7 Å². The Morgan fingerprint density at radius 3 is 2.65 bits per heavy atom. The van der Waals surface area contributed by atoms with E-state index in [9.17, 15) is 14.4 Å². The van der Waals surface area contributed by atoms with Gasteiger partial charge in [-0.2, -0.15) is 0 Å². The van der Waals surface area contributed by atoms with Gasteiger partial charge in [-0.25, -0.2) is 0 Å². The van der Waals surface area contributed by atoms with Gasteiger partial charge >= 0.3 is 0 Å². The summed E-state index contributed by atoms with van der Waals surface area (Å²) in [5, 5.41) is 0. The van der Waals surface area contributed by atoms with Gasteiger partial charge in [0.15, 0.2) is 11.9 Å². The summed E-state index contributed by atoms with van der Waals surface area (Å²) in [5.41, 5.74) is 0.645. The molecule has 6 nitrogen and oxygen atoms in total. The number of fused-ring (bicyclic) bond motifs is 1. The number of methoxy groups -OCH3 is 1. The SMILES string of the molecule is CC[C@H]1Oc2ccccc2C(=O)N(CC(=O)c2cccc(OC)c2)C1=O. The molecule has 2 aromatic carbocycles. The number of hydrogen-bond donors (Lipinski definition) is 0. The van der Waals surface area contributed by atoms with Crippen LogP contribution in [0, 0.1) is 0 Å². The molecule has 0 bridgehead atoms. The fourth-order valence-electron chi connectivity index (χ4n) is 2.81. The number of carbonyl (C=O) groups is 3. The van der Waals surface area contributed by atoms with Gasteiger partial charge in [0.05, 0.1) is 19.2 Å². The molecule has 2 amide bonds. The van der Waals surface area contributed by atoms with E-state index in [1.807, 2.05) is 0 Å². The molecular weight excluding hydrogens is 334 g/mol. The summed E-state index contributed by atoms with van der Waals surface area (Å²) >= 11 is 0. The highest BCUT2D eigenvalue weighted by Crippen LogP contribution is 2.26.